The number of furan rings is 1. The van der Waals surface area contributed by atoms with Crippen molar-refractivity contribution in [2.24, 2.45) is 0 Å². The third-order valence-electron chi connectivity index (χ3n) is 4.64. The van der Waals surface area contributed by atoms with Crippen LogP contribution >= 0.6 is 0 Å². The van der Waals surface area contributed by atoms with E-state index in [9.17, 15) is 9.59 Å². The predicted molar refractivity (Wildman–Crippen MR) is 105 cm³/mol. The highest BCUT2D eigenvalue weighted by atomic mass is 16.5. The molecule has 0 radical (unpaired) electrons. The van der Waals surface area contributed by atoms with Crippen molar-refractivity contribution in [2.75, 3.05) is 5.32 Å². The van der Waals surface area contributed by atoms with Gasteiger partial charge in [0.05, 0.1) is 24.3 Å². The summed E-state index contributed by atoms with van der Waals surface area (Å²) in [5, 5.41) is 12.3. The van der Waals surface area contributed by atoms with Crippen LogP contribution in [-0.2, 0) is 20.7 Å². The zero-order valence-electron chi connectivity index (χ0n) is 15.9. The van der Waals surface area contributed by atoms with Crippen LogP contribution in [-0.4, -0.2) is 18.0 Å². The van der Waals surface area contributed by atoms with Crippen molar-refractivity contribution in [3.05, 3.63) is 64.9 Å². The van der Waals surface area contributed by atoms with E-state index in [-0.39, 0.29) is 6.42 Å². The maximum atomic E-state index is 12.3. The van der Waals surface area contributed by atoms with Crippen molar-refractivity contribution < 1.29 is 18.7 Å². The molecule has 0 saturated heterocycles. The second-order valence-electron chi connectivity index (χ2n) is 6.63. The summed E-state index contributed by atoms with van der Waals surface area (Å²) in [5.41, 5.74) is 4.65. The molecule has 3 aromatic rings. The Hall–Kier alpha value is -3.59. The maximum absolute atomic E-state index is 12.3. The van der Waals surface area contributed by atoms with Gasteiger partial charge in [0.15, 0.2) is 6.10 Å². The average Bonchev–Trinajstić information content (AvgIpc) is 3.08. The molecule has 142 valence electrons. The molecule has 6 heteroatoms. The summed E-state index contributed by atoms with van der Waals surface area (Å²) in [6.45, 7) is 5.48. The van der Waals surface area contributed by atoms with E-state index in [0.29, 0.717) is 11.3 Å². The minimum Gasteiger partial charge on any atom is -0.464 e. The first-order chi connectivity index (χ1) is 13.4. The van der Waals surface area contributed by atoms with E-state index in [2.05, 4.69) is 5.32 Å². The monoisotopic (exact) mass is 376 g/mol. The first kappa shape index (κ1) is 19.2. The van der Waals surface area contributed by atoms with Crippen LogP contribution in [0.15, 0.2) is 47.1 Å². The molecule has 1 amide bonds. The van der Waals surface area contributed by atoms with Gasteiger partial charge in [0.2, 0.25) is 0 Å². The molecule has 6 nitrogen and oxygen atoms in total. The number of fused-ring (bicyclic) bond motifs is 1. The Labute approximate surface area is 162 Å². The molecule has 1 heterocycles. The summed E-state index contributed by atoms with van der Waals surface area (Å²) >= 11 is 0. The second kappa shape index (κ2) is 7.97. The molecule has 0 unspecified atom stereocenters. The van der Waals surface area contributed by atoms with E-state index in [4.69, 9.17) is 14.4 Å². The average molecular weight is 376 g/mol. The van der Waals surface area contributed by atoms with Crippen molar-refractivity contribution in [1.29, 1.82) is 5.26 Å². The van der Waals surface area contributed by atoms with Gasteiger partial charge in [-0.3, -0.25) is 9.59 Å². The number of ether oxygens (including phenoxy) is 1. The van der Waals surface area contributed by atoms with Crippen LogP contribution in [0.3, 0.4) is 0 Å². The molecule has 0 aliphatic rings. The minimum absolute atomic E-state index is 0.0178. The smallest absolute Gasteiger partial charge is 0.311 e. The molecule has 1 aromatic heterocycles. The molecule has 0 aliphatic carbocycles. The molecule has 0 spiro atoms. The van der Waals surface area contributed by atoms with Crippen LogP contribution in [0, 0.1) is 25.2 Å². The van der Waals surface area contributed by atoms with E-state index >= 15 is 0 Å². The van der Waals surface area contributed by atoms with E-state index in [1.165, 1.54) is 6.92 Å². The zero-order valence-corrected chi connectivity index (χ0v) is 15.9. The van der Waals surface area contributed by atoms with Gasteiger partial charge >= 0.3 is 5.97 Å². The molecule has 1 N–H and O–H groups in total. The third-order valence-corrected chi connectivity index (χ3v) is 4.64. The number of anilines is 1. The first-order valence-electron chi connectivity index (χ1n) is 8.86. The summed E-state index contributed by atoms with van der Waals surface area (Å²) in [7, 11) is 0. The Kier molecular flexibility index (Phi) is 5.46. The molecule has 0 fully saturated rings. The number of benzene rings is 2. The fourth-order valence-corrected chi connectivity index (χ4v) is 2.85. The molecule has 0 aliphatic heterocycles. The van der Waals surface area contributed by atoms with E-state index in [0.717, 1.165) is 27.7 Å². The lowest BCUT2D eigenvalue weighted by Crippen LogP contribution is -2.30. The van der Waals surface area contributed by atoms with Crippen molar-refractivity contribution in [2.45, 2.75) is 33.3 Å². The SMILES string of the molecule is Cc1ccc2c(CC(=O)O[C@H](C)C(=O)Nc3ccc(C#N)cc3)coc2c1C. The number of amides is 1. The molecule has 28 heavy (non-hydrogen) atoms. The number of carbonyl (C=O) groups excluding carboxylic acids is 2. The second-order valence-corrected chi connectivity index (χ2v) is 6.63. The van der Waals surface area contributed by atoms with Crippen molar-refractivity contribution in [3.63, 3.8) is 0 Å². The number of esters is 1. The fourth-order valence-electron chi connectivity index (χ4n) is 2.85. The van der Waals surface area contributed by atoms with Gasteiger partial charge < -0.3 is 14.5 Å². The van der Waals surface area contributed by atoms with Crippen LogP contribution in [0.1, 0.15) is 29.2 Å². The van der Waals surface area contributed by atoms with Crippen LogP contribution in [0.4, 0.5) is 5.69 Å². The maximum Gasteiger partial charge on any atom is 0.311 e. The zero-order chi connectivity index (χ0) is 20.3. The molecular weight excluding hydrogens is 356 g/mol. The quantitative estimate of drug-likeness (QED) is 0.679. The summed E-state index contributed by atoms with van der Waals surface area (Å²) in [6.07, 6.45) is 0.620. The van der Waals surface area contributed by atoms with Gasteiger partial charge in [-0.1, -0.05) is 12.1 Å². The normalized spacial score (nSPS) is 11.6. The largest absolute Gasteiger partial charge is 0.464 e. The standard InChI is InChI=1S/C22H20N2O4/c1-13-4-9-19-17(12-27-21(19)14(13)2)10-20(25)28-15(3)22(26)24-18-7-5-16(11-23)6-8-18/h4-9,12,15H,10H2,1-3H3,(H,24,26)/t15-/m1/s1. The van der Waals surface area contributed by atoms with Crippen LogP contribution in [0.25, 0.3) is 11.0 Å². The molecule has 0 bridgehead atoms. The predicted octanol–water partition coefficient (Wildman–Crippen LogP) is 4.03. The van der Waals surface area contributed by atoms with Gasteiger partial charge in [-0.05, 0) is 56.2 Å². The fraction of sp³-hybridized carbons (Fsp3) is 0.227. The number of nitrogens with one attached hydrogen (secondary N) is 1. The Morgan fingerprint density at radius 2 is 1.89 bits per heavy atom. The number of carbonyl (C=O) groups is 2. The number of nitrogens with zero attached hydrogens (tertiary/aromatic N) is 1. The van der Waals surface area contributed by atoms with E-state index < -0.39 is 18.0 Å². The topological polar surface area (TPSA) is 92.3 Å². The molecule has 2 aromatic carbocycles. The van der Waals surface area contributed by atoms with Crippen molar-refractivity contribution in [1.82, 2.24) is 0 Å². The lowest BCUT2D eigenvalue weighted by atomic mass is 10.0. The van der Waals surface area contributed by atoms with Crippen LogP contribution in [0.5, 0.6) is 0 Å². The summed E-state index contributed by atoms with van der Waals surface area (Å²) in [4.78, 5) is 24.5. The molecule has 3 rings (SSSR count). The van der Waals surface area contributed by atoms with E-state index in [1.807, 2.05) is 32.0 Å². The summed E-state index contributed by atoms with van der Waals surface area (Å²) < 4.78 is 10.9. The first-order valence-corrected chi connectivity index (χ1v) is 8.86. The minimum atomic E-state index is -0.953. The Bertz CT molecular complexity index is 1070. The van der Waals surface area contributed by atoms with Crippen molar-refractivity contribution in [3.8, 4) is 6.07 Å². The van der Waals surface area contributed by atoms with Gasteiger partial charge in [0.1, 0.15) is 5.58 Å². The number of nitriles is 1. The lowest BCUT2D eigenvalue weighted by Gasteiger charge is -2.13. The summed E-state index contributed by atoms with van der Waals surface area (Å²) in [6, 6.07) is 12.3. The van der Waals surface area contributed by atoms with Gasteiger partial charge in [0, 0.05) is 16.6 Å². The lowest BCUT2D eigenvalue weighted by molar-refractivity contribution is -0.152. The highest BCUT2D eigenvalue weighted by Crippen LogP contribution is 2.27. The number of hydrogen-bond acceptors (Lipinski definition) is 5. The van der Waals surface area contributed by atoms with E-state index in [1.54, 1.807) is 30.5 Å². The Balaban J connectivity index is 1.62. The van der Waals surface area contributed by atoms with Crippen LogP contribution < -0.4 is 5.32 Å². The Morgan fingerprint density at radius 1 is 1.18 bits per heavy atom. The molecular formula is C22H20N2O4. The van der Waals surface area contributed by atoms with Gasteiger partial charge in [-0.2, -0.15) is 5.26 Å². The Morgan fingerprint density at radius 3 is 2.57 bits per heavy atom. The molecule has 1 atom stereocenters. The van der Waals surface area contributed by atoms with Crippen molar-refractivity contribution >= 4 is 28.5 Å². The highest BCUT2D eigenvalue weighted by Gasteiger charge is 2.20. The number of aryl methyl sites for hydroxylation is 2. The molecule has 0 saturated carbocycles. The third kappa shape index (κ3) is 4.04. The van der Waals surface area contributed by atoms with Crippen LogP contribution in [0.2, 0.25) is 0 Å². The number of hydrogen-bond donors (Lipinski definition) is 1. The van der Waals surface area contributed by atoms with Gasteiger partial charge in [-0.25, -0.2) is 0 Å². The number of rotatable bonds is 5. The highest BCUT2D eigenvalue weighted by molar-refractivity contribution is 5.95. The summed E-state index contributed by atoms with van der Waals surface area (Å²) in [5.74, 6) is -0.954. The van der Waals surface area contributed by atoms with Gasteiger partial charge in [-0.15, -0.1) is 0 Å². The van der Waals surface area contributed by atoms with Gasteiger partial charge in [0.25, 0.3) is 5.91 Å².